The molecule has 4 aliphatic carbocycles. The molecule has 2 heterocycles. The maximum absolute atomic E-state index is 4.30. The number of aromatic nitrogens is 3. The van der Waals surface area contributed by atoms with Crippen LogP contribution in [0.2, 0.25) is 0 Å². The second-order valence-corrected chi connectivity index (χ2v) is 11.7. The minimum Gasteiger partial charge on any atom is -0.331 e. The van der Waals surface area contributed by atoms with Gasteiger partial charge in [0.2, 0.25) is 0 Å². The fraction of sp³-hybridized carbons (Fsp3) is 0.500. The third-order valence-corrected chi connectivity index (χ3v) is 10.4. The van der Waals surface area contributed by atoms with E-state index in [4.69, 9.17) is 0 Å². The molecular formula is C30H35N3. The SMILES string of the molecule is C[C@]12CC[C@H](n3ccnc3)C=C1CCC1C2CC[C@]2(C)C(n3ccc4ccccc43)=CCC12. The molecule has 1 aromatic carbocycles. The first-order chi connectivity index (χ1) is 16.1. The van der Waals surface area contributed by atoms with Gasteiger partial charge in [0, 0.05) is 29.7 Å². The summed E-state index contributed by atoms with van der Waals surface area (Å²) in [5.41, 5.74) is 5.38. The van der Waals surface area contributed by atoms with Crippen molar-refractivity contribution < 1.29 is 0 Å². The lowest BCUT2D eigenvalue weighted by atomic mass is 9.47. The molecule has 170 valence electrons. The van der Waals surface area contributed by atoms with E-state index in [2.05, 4.69) is 82.8 Å². The molecule has 33 heavy (non-hydrogen) atoms. The molecule has 3 heteroatoms. The fourth-order valence-corrected chi connectivity index (χ4v) is 8.62. The molecule has 0 N–H and O–H groups in total. The molecule has 4 aliphatic rings. The fourth-order valence-electron chi connectivity index (χ4n) is 8.62. The number of para-hydroxylation sites is 1. The average Bonchev–Trinajstić information content (AvgIpc) is 3.57. The van der Waals surface area contributed by atoms with Gasteiger partial charge in [-0.25, -0.2) is 4.98 Å². The highest BCUT2D eigenvalue weighted by Gasteiger charge is 2.57. The number of imidazole rings is 1. The highest BCUT2D eigenvalue weighted by Crippen LogP contribution is 2.66. The van der Waals surface area contributed by atoms with E-state index in [1.54, 1.807) is 11.3 Å². The predicted octanol–water partition coefficient (Wildman–Crippen LogP) is 7.49. The van der Waals surface area contributed by atoms with E-state index in [-0.39, 0.29) is 0 Å². The van der Waals surface area contributed by atoms with Gasteiger partial charge in [0.05, 0.1) is 17.9 Å². The van der Waals surface area contributed by atoms with E-state index < -0.39 is 0 Å². The zero-order chi connectivity index (χ0) is 22.2. The van der Waals surface area contributed by atoms with Gasteiger partial charge >= 0.3 is 0 Å². The molecule has 2 aromatic heterocycles. The zero-order valence-corrected chi connectivity index (χ0v) is 20.0. The van der Waals surface area contributed by atoms with Crippen molar-refractivity contribution in [2.45, 2.75) is 64.8 Å². The summed E-state index contributed by atoms with van der Waals surface area (Å²) < 4.78 is 4.83. The molecule has 3 unspecified atom stereocenters. The smallest absolute Gasteiger partial charge is 0.0951 e. The van der Waals surface area contributed by atoms with Gasteiger partial charge in [0.15, 0.2) is 0 Å². The Hall–Kier alpha value is -2.55. The molecule has 0 amide bonds. The first-order valence-electron chi connectivity index (χ1n) is 13.0. The van der Waals surface area contributed by atoms with Crippen molar-refractivity contribution in [1.82, 2.24) is 14.1 Å². The molecular weight excluding hydrogens is 402 g/mol. The Morgan fingerprint density at radius 2 is 1.82 bits per heavy atom. The van der Waals surface area contributed by atoms with Gasteiger partial charge < -0.3 is 9.13 Å². The highest BCUT2D eigenvalue weighted by atomic mass is 15.0. The van der Waals surface area contributed by atoms with Crippen LogP contribution in [0.5, 0.6) is 0 Å². The highest BCUT2D eigenvalue weighted by molar-refractivity contribution is 5.84. The van der Waals surface area contributed by atoms with Crippen molar-refractivity contribution in [1.29, 1.82) is 0 Å². The molecule has 2 fully saturated rings. The predicted molar refractivity (Wildman–Crippen MR) is 135 cm³/mol. The van der Waals surface area contributed by atoms with Gasteiger partial charge in [-0.1, -0.05) is 49.8 Å². The average molecular weight is 438 g/mol. The van der Waals surface area contributed by atoms with Gasteiger partial charge in [0.1, 0.15) is 0 Å². The number of allylic oxidation sites excluding steroid dienone is 4. The molecule has 0 spiro atoms. The first kappa shape index (κ1) is 19.9. The van der Waals surface area contributed by atoms with Gasteiger partial charge in [-0.3, -0.25) is 0 Å². The van der Waals surface area contributed by atoms with Crippen LogP contribution in [0, 0.1) is 28.6 Å². The maximum atomic E-state index is 4.30. The van der Waals surface area contributed by atoms with Gasteiger partial charge in [-0.15, -0.1) is 0 Å². The summed E-state index contributed by atoms with van der Waals surface area (Å²) in [4.78, 5) is 4.30. The van der Waals surface area contributed by atoms with Crippen molar-refractivity contribution in [2.24, 2.45) is 28.6 Å². The molecule has 0 radical (unpaired) electrons. The quantitative estimate of drug-likeness (QED) is 0.381. The summed E-state index contributed by atoms with van der Waals surface area (Å²) in [7, 11) is 0. The van der Waals surface area contributed by atoms with E-state index in [1.807, 2.05) is 12.5 Å². The molecule has 0 saturated heterocycles. The lowest BCUT2D eigenvalue weighted by Crippen LogP contribution is -2.50. The Kier molecular flexibility index (Phi) is 4.20. The summed E-state index contributed by atoms with van der Waals surface area (Å²) in [6, 6.07) is 11.7. The number of fused-ring (bicyclic) bond motifs is 6. The van der Waals surface area contributed by atoms with Crippen LogP contribution in [0.3, 0.4) is 0 Å². The minimum atomic E-state index is 0.300. The monoisotopic (exact) mass is 437 g/mol. The van der Waals surface area contributed by atoms with Crippen molar-refractivity contribution >= 4 is 16.6 Å². The minimum absolute atomic E-state index is 0.300. The molecule has 3 aromatic rings. The number of hydrogen-bond acceptors (Lipinski definition) is 1. The van der Waals surface area contributed by atoms with Crippen molar-refractivity contribution in [2.75, 3.05) is 0 Å². The van der Waals surface area contributed by atoms with E-state index in [0.29, 0.717) is 16.9 Å². The van der Waals surface area contributed by atoms with Crippen LogP contribution in [0.4, 0.5) is 0 Å². The lowest BCUT2D eigenvalue weighted by molar-refractivity contribution is -0.0251. The summed E-state index contributed by atoms with van der Waals surface area (Å²) >= 11 is 0. The van der Waals surface area contributed by atoms with Crippen molar-refractivity contribution in [3.8, 4) is 0 Å². The van der Waals surface area contributed by atoms with E-state index in [1.165, 1.54) is 55.8 Å². The van der Waals surface area contributed by atoms with Crippen LogP contribution in [-0.4, -0.2) is 14.1 Å². The van der Waals surface area contributed by atoms with Crippen molar-refractivity contribution in [3.63, 3.8) is 0 Å². The van der Waals surface area contributed by atoms with Crippen LogP contribution in [-0.2, 0) is 0 Å². The van der Waals surface area contributed by atoms with Crippen LogP contribution in [0.15, 0.2) is 73.0 Å². The van der Waals surface area contributed by atoms with Gasteiger partial charge in [-0.05, 0) is 85.6 Å². The standard InChI is InChI=1S/C30H35N3/c1-29-14-11-23(32-18-16-31-20-32)19-22(29)7-8-24-25-9-10-28(30(25,2)15-12-26(24)29)33-17-13-21-5-3-4-6-27(21)33/h3-6,10,13,16-20,23-26H,7-9,11-12,14-15H2,1-2H3/t23-,24?,25?,26?,29-,30-/m0/s1. The Labute approximate surface area is 197 Å². The molecule has 7 rings (SSSR count). The number of hydrogen-bond donors (Lipinski definition) is 0. The van der Waals surface area contributed by atoms with Crippen molar-refractivity contribution in [3.05, 3.63) is 73.0 Å². The third-order valence-electron chi connectivity index (χ3n) is 10.4. The van der Waals surface area contributed by atoms with Crippen LogP contribution in [0.1, 0.15) is 64.8 Å². The topological polar surface area (TPSA) is 22.8 Å². The molecule has 2 saturated carbocycles. The Morgan fingerprint density at radius 3 is 2.70 bits per heavy atom. The molecule has 0 aliphatic heterocycles. The molecule has 3 nitrogen and oxygen atoms in total. The van der Waals surface area contributed by atoms with E-state index >= 15 is 0 Å². The zero-order valence-electron chi connectivity index (χ0n) is 20.0. The van der Waals surface area contributed by atoms with Crippen LogP contribution < -0.4 is 0 Å². The molecule has 6 atom stereocenters. The van der Waals surface area contributed by atoms with Gasteiger partial charge in [0.25, 0.3) is 0 Å². The Morgan fingerprint density at radius 1 is 0.939 bits per heavy atom. The van der Waals surface area contributed by atoms with E-state index in [0.717, 1.165) is 17.8 Å². The molecule has 0 bridgehead atoms. The lowest BCUT2D eigenvalue weighted by Gasteiger charge is -2.58. The third kappa shape index (κ3) is 2.71. The normalized spacial score (nSPS) is 37.8. The number of nitrogens with zero attached hydrogens (tertiary/aromatic N) is 3. The first-order valence-corrected chi connectivity index (χ1v) is 13.0. The second kappa shape index (κ2) is 6.98. The number of benzene rings is 1. The van der Waals surface area contributed by atoms with Gasteiger partial charge in [-0.2, -0.15) is 0 Å². The Bertz CT molecular complexity index is 1260. The summed E-state index contributed by atoms with van der Waals surface area (Å²) in [6.07, 6.45) is 22.8. The number of rotatable bonds is 2. The summed E-state index contributed by atoms with van der Waals surface area (Å²) in [5, 5.41) is 1.36. The second-order valence-electron chi connectivity index (χ2n) is 11.7. The summed E-state index contributed by atoms with van der Waals surface area (Å²) in [6.45, 7) is 5.20. The van der Waals surface area contributed by atoms with E-state index in [9.17, 15) is 0 Å². The maximum Gasteiger partial charge on any atom is 0.0951 e. The van der Waals surface area contributed by atoms with Crippen LogP contribution in [0.25, 0.3) is 16.6 Å². The summed E-state index contributed by atoms with van der Waals surface area (Å²) in [5.74, 6) is 2.48. The Balaban J connectivity index is 1.20. The van der Waals surface area contributed by atoms with Crippen LogP contribution >= 0.6 is 0 Å². The largest absolute Gasteiger partial charge is 0.331 e.